The van der Waals surface area contributed by atoms with Gasteiger partial charge in [-0.2, -0.15) is 13.2 Å². The second-order valence-corrected chi connectivity index (χ2v) is 13.6. The number of nitrogens with zero attached hydrogens (tertiary/aromatic N) is 4. The zero-order valence-corrected chi connectivity index (χ0v) is 26.4. The van der Waals surface area contributed by atoms with Crippen LogP contribution in [0.4, 0.5) is 19.0 Å². The van der Waals surface area contributed by atoms with Gasteiger partial charge in [0, 0.05) is 49.6 Å². The first-order chi connectivity index (χ1) is 22.0. The van der Waals surface area contributed by atoms with E-state index in [0.29, 0.717) is 54.4 Å². The molecule has 236 valence electrons. The van der Waals surface area contributed by atoms with E-state index in [0.717, 1.165) is 22.9 Å². The molecule has 11 heteroatoms. The fourth-order valence-corrected chi connectivity index (χ4v) is 6.43. The first kappa shape index (κ1) is 31.7. The number of piperazine rings is 1. The van der Waals surface area contributed by atoms with Crippen molar-refractivity contribution < 1.29 is 21.6 Å². The average Bonchev–Trinajstić information content (AvgIpc) is 3.05. The molecular formula is C35H30ClF3N4O2S. The molecule has 5 aromatic rings. The van der Waals surface area contributed by atoms with Crippen LogP contribution in [0, 0.1) is 0 Å². The predicted molar refractivity (Wildman–Crippen MR) is 175 cm³/mol. The maximum atomic E-state index is 14.3. The molecule has 0 amide bonds. The Morgan fingerprint density at radius 2 is 1.35 bits per heavy atom. The van der Waals surface area contributed by atoms with Gasteiger partial charge in [0.2, 0.25) is 5.82 Å². The predicted octanol–water partition coefficient (Wildman–Crippen LogP) is 7.88. The van der Waals surface area contributed by atoms with Gasteiger partial charge in [0.25, 0.3) is 0 Å². The molecule has 0 spiro atoms. The Morgan fingerprint density at radius 3 is 1.98 bits per heavy atom. The van der Waals surface area contributed by atoms with E-state index >= 15 is 0 Å². The molecule has 1 saturated heterocycles. The molecule has 6 nitrogen and oxygen atoms in total. The monoisotopic (exact) mass is 662 g/mol. The molecule has 0 radical (unpaired) electrons. The smallest absolute Gasteiger partial charge is 0.353 e. The summed E-state index contributed by atoms with van der Waals surface area (Å²) in [5.41, 5.74) is 4.87. The minimum atomic E-state index is -4.79. The Bertz CT molecular complexity index is 1950. The van der Waals surface area contributed by atoms with Crippen molar-refractivity contribution in [2.45, 2.75) is 17.6 Å². The number of alkyl halides is 3. The van der Waals surface area contributed by atoms with Crippen molar-refractivity contribution in [3.63, 3.8) is 0 Å². The highest BCUT2D eigenvalue weighted by atomic mass is 35.5. The van der Waals surface area contributed by atoms with Gasteiger partial charge in [0.05, 0.1) is 16.2 Å². The third-order valence-electron chi connectivity index (χ3n) is 8.00. The quantitative estimate of drug-likeness (QED) is 0.177. The van der Waals surface area contributed by atoms with Crippen molar-refractivity contribution in [1.82, 2.24) is 14.9 Å². The zero-order valence-electron chi connectivity index (χ0n) is 24.9. The average molecular weight is 663 g/mol. The highest BCUT2D eigenvalue weighted by molar-refractivity contribution is 7.90. The fraction of sp³-hybridized carbons (Fsp3) is 0.200. The largest absolute Gasteiger partial charge is 0.451 e. The summed E-state index contributed by atoms with van der Waals surface area (Å²) in [6, 6.07) is 30.7. The number of anilines is 1. The molecule has 1 fully saturated rings. The van der Waals surface area contributed by atoms with E-state index in [4.69, 9.17) is 11.6 Å². The number of hydrogen-bond donors (Lipinski definition) is 0. The van der Waals surface area contributed by atoms with Crippen LogP contribution < -0.4 is 4.90 Å². The van der Waals surface area contributed by atoms with Crippen molar-refractivity contribution in [3.8, 4) is 33.5 Å². The summed E-state index contributed by atoms with van der Waals surface area (Å²) in [6.45, 7) is 2.78. The van der Waals surface area contributed by atoms with Gasteiger partial charge in [-0.25, -0.2) is 18.4 Å². The van der Waals surface area contributed by atoms with Crippen molar-refractivity contribution >= 4 is 27.3 Å². The van der Waals surface area contributed by atoms with E-state index in [2.05, 4.69) is 27.0 Å². The number of aromatic nitrogens is 2. The molecule has 6 rings (SSSR count). The van der Waals surface area contributed by atoms with Gasteiger partial charge < -0.3 is 4.90 Å². The summed E-state index contributed by atoms with van der Waals surface area (Å²) < 4.78 is 66.9. The SMILES string of the molecule is CS(=O)(=O)c1ccc(-c2nc(C(F)(F)F)nc(N3CCN(Cc4ccccc4-c4ccc(Cl)cc4)CC3)c2-c2ccccc2)cc1. The second-order valence-electron chi connectivity index (χ2n) is 11.2. The molecule has 2 heterocycles. The number of halogens is 4. The van der Waals surface area contributed by atoms with Crippen LogP contribution >= 0.6 is 11.6 Å². The van der Waals surface area contributed by atoms with E-state index in [-0.39, 0.29) is 16.4 Å². The molecule has 0 unspecified atom stereocenters. The molecule has 0 atom stereocenters. The normalized spacial score (nSPS) is 14.4. The number of sulfone groups is 1. The molecule has 1 aromatic heterocycles. The van der Waals surface area contributed by atoms with E-state index < -0.39 is 21.8 Å². The number of hydrogen-bond acceptors (Lipinski definition) is 6. The molecule has 4 aromatic carbocycles. The lowest BCUT2D eigenvalue weighted by Gasteiger charge is -2.37. The van der Waals surface area contributed by atoms with Crippen LogP contribution in [0.1, 0.15) is 11.4 Å². The Labute approximate surface area is 271 Å². The minimum absolute atomic E-state index is 0.0663. The molecule has 0 aliphatic carbocycles. The molecular weight excluding hydrogens is 633 g/mol. The van der Waals surface area contributed by atoms with Gasteiger partial charge in [-0.05, 0) is 46.5 Å². The molecule has 0 N–H and O–H groups in total. The van der Waals surface area contributed by atoms with Crippen LogP contribution in [0.15, 0.2) is 108 Å². The van der Waals surface area contributed by atoms with E-state index in [9.17, 15) is 21.6 Å². The topological polar surface area (TPSA) is 66.4 Å². The minimum Gasteiger partial charge on any atom is -0.353 e. The van der Waals surface area contributed by atoms with Crippen LogP contribution in [0.25, 0.3) is 33.5 Å². The first-order valence-electron chi connectivity index (χ1n) is 14.6. The fourth-order valence-electron chi connectivity index (χ4n) is 5.67. The van der Waals surface area contributed by atoms with Crippen molar-refractivity contribution in [3.05, 3.63) is 120 Å². The zero-order chi connectivity index (χ0) is 32.5. The standard InChI is InChI=1S/C35H30ClF3N4O2S/c1-46(44,45)29-17-13-26(14-18-29)32-31(25-7-3-2-4-8-25)33(41-34(40-32)35(37,38)39)43-21-19-42(20-22-43)23-27-9-5-6-10-30(27)24-11-15-28(36)16-12-24/h2-18H,19-23H2,1H3. The van der Waals surface area contributed by atoms with Crippen LogP contribution in [0.3, 0.4) is 0 Å². The summed E-state index contributed by atoms with van der Waals surface area (Å²) in [5.74, 6) is -1.05. The number of rotatable bonds is 7. The first-order valence-corrected chi connectivity index (χ1v) is 16.9. The second kappa shape index (κ2) is 12.9. The van der Waals surface area contributed by atoms with Gasteiger partial charge in [-0.15, -0.1) is 0 Å². The van der Waals surface area contributed by atoms with Gasteiger partial charge in [-0.1, -0.05) is 90.5 Å². The van der Waals surface area contributed by atoms with Gasteiger partial charge >= 0.3 is 6.18 Å². The van der Waals surface area contributed by atoms with E-state index in [1.54, 1.807) is 0 Å². The van der Waals surface area contributed by atoms with Crippen LogP contribution in [-0.4, -0.2) is 55.7 Å². The highest BCUT2D eigenvalue weighted by Gasteiger charge is 2.38. The van der Waals surface area contributed by atoms with Crippen molar-refractivity contribution in [2.75, 3.05) is 37.3 Å². The van der Waals surface area contributed by atoms with Crippen LogP contribution in [0.5, 0.6) is 0 Å². The molecule has 0 saturated carbocycles. The van der Waals surface area contributed by atoms with Crippen LogP contribution in [0.2, 0.25) is 5.02 Å². The summed E-state index contributed by atoms with van der Waals surface area (Å²) in [6.07, 6.45) is -3.71. The summed E-state index contributed by atoms with van der Waals surface area (Å²) in [5, 5.41) is 0.666. The molecule has 0 bridgehead atoms. The Hall–Kier alpha value is -4.25. The summed E-state index contributed by atoms with van der Waals surface area (Å²) >= 11 is 6.10. The summed E-state index contributed by atoms with van der Waals surface area (Å²) in [7, 11) is -3.50. The third-order valence-corrected chi connectivity index (χ3v) is 9.38. The lowest BCUT2D eigenvalue weighted by atomic mass is 9.98. The highest BCUT2D eigenvalue weighted by Crippen LogP contribution is 2.41. The van der Waals surface area contributed by atoms with E-state index in [1.165, 1.54) is 24.3 Å². The van der Waals surface area contributed by atoms with Crippen LogP contribution in [-0.2, 0) is 22.6 Å². The molecule has 1 aliphatic rings. The lowest BCUT2D eigenvalue weighted by Crippen LogP contribution is -2.46. The van der Waals surface area contributed by atoms with Crippen molar-refractivity contribution in [2.24, 2.45) is 0 Å². The van der Waals surface area contributed by atoms with Crippen molar-refractivity contribution in [1.29, 1.82) is 0 Å². The maximum Gasteiger partial charge on any atom is 0.451 e. The summed E-state index contributed by atoms with van der Waals surface area (Å²) in [4.78, 5) is 12.4. The molecule has 1 aliphatic heterocycles. The third kappa shape index (κ3) is 6.94. The van der Waals surface area contributed by atoms with Gasteiger partial charge in [-0.3, -0.25) is 4.90 Å². The maximum absolute atomic E-state index is 14.3. The Balaban J connectivity index is 1.35. The molecule has 46 heavy (non-hydrogen) atoms. The Morgan fingerprint density at radius 1 is 0.739 bits per heavy atom. The Kier molecular flexibility index (Phi) is 8.87. The lowest BCUT2D eigenvalue weighted by molar-refractivity contribution is -0.144. The number of benzene rings is 4. The van der Waals surface area contributed by atoms with E-state index in [1.807, 2.05) is 71.6 Å². The van der Waals surface area contributed by atoms with Gasteiger partial charge in [0.1, 0.15) is 5.82 Å². The van der Waals surface area contributed by atoms with Gasteiger partial charge in [0.15, 0.2) is 9.84 Å².